The lowest BCUT2D eigenvalue weighted by molar-refractivity contribution is 0.143. The van der Waals surface area contributed by atoms with Crippen LogP contribution in [0.2, 0.25) is 0 Å². The van der Waals surface area contributed by atoms with E-state index in [1.165, 1.54) is 0 Å². The van der Waals surface area contributed by atoms with Crippen molar-refractivity contribution >= 4 is 29.9 Å². The van der Waals surface area contributed by atoms with E-state index < -0.39 is 0 Å². The fourth-order valence-corrected chi connectivity index (χ4v) is 2.78. The van der Waals surface area contributed by atoms with Gasteiger partial charge in [0.05, 0.1) is 20.8 Å². The summed E-state index contributed by atoms with van der Waals surface area (Å²) in [6.07, 6.45) is 1.71. The van der Waals surface area contributed by atoms with Crippen LogP contribution >= 0.6 is 24.0 Å². The van der Waals surface area contributed by atoms with Crippen LogP contribution in [0.15, 0.2) is 41.5 Å². The van der Waals surface area contributed by atoms with Gasteiger partial charge in [0, 0.05) is 57.7 Å². The average Bonchev–Trinajstić information content (AvgIpc) is 2.75. The number of aliphatic imine (C=N–C) groups is 1. The van der Waals surface area contributed by atoms with Crippen molar-refractivity contribution in [3.05, 3.63) is 47.7 Å². The zero-order valence-electron chi connectivity index (χ0n) is 18.2. The summed E-state index contributed by atoms with van der Waals surface area (Å²) < 4.78 is 21.5. The Morgan fingerprint density at radius 3 is 2.57 bits per heavy atom. The van der Waals surface area contributed by atoms with Crippen LogP contribution in [0.1, 0.15) is 11.1 Å². The van der Waals surface area contributed by atoms with E-state index in [1.807, 2.05) is 42.3 Å². The predicted molar refractivity (Wildman–Crippen MR) is 128 cm³/mol. The van der Waals surface area contributed by atoms with Crippen molar-refractivity contribution in [3.63, 3.8) is 0 Å². The Morgan fingerprint density at radius 1 is 1.10 bits per heavy atom. The van der Waals surface area contributed by atoms with Crippen molar-refractivity contribution in [3.8, 4) is 17.4 Å². The lowest BCUT2D eigenvalue weighted by Crippen LogP contribution is -2.38. The third-order valence-corrected chi connectivity index (χ3v) is 4.29. The largest absolute Gasteiger partial charge is 0.497 e. The second-order valence-electron chi connectivity index (χ2n) is 6.24. The minimum Gasteiger partial charge on any atom is -0.497 e. The van der Waals surface area contributed by atoms with Crippen molar-refractivity contribution < 1.29 is 18.9 Å². The predicted octanol–water partition coefficient (Wildman–Crippen LogP) is 2.95. The monoisotopic (exact) mass is 530 g/mol. The van der Waals surface area contributed by atoms with Crippen LogP contribution in [0.25, 0.3) is 0 Å². The van der Waals surface area contributed by atoms with Crippen molar-refractivity contribution in [2.24, 2.45) is 4.99 Å². The molecular formula is C21H31IN4O4. The van der Waals surface area contributed by atoms with Gasteiger partial charge in [0.2, 0.25) is 5.88 Å². The fraction of sp³-hybridized carbons (Fsp3) is 0.429. The zero-order chi connectivity index (χ0) is 21.1. The number of guanidine groups is 1. The second-order valence-corrected chi connectivity index (χ2v) is 6.24. The molecule has 2 rings (SSSR count). The van der Waals surface area contributed by atoms with E-state index in [-0.39, 0.29) is 24.0 Å². The summed E-state index contributed by atoms with van der Waals surface area (Å²) in [7, 11) is 8.65. The van der Waals surface area contributed by atoms with Gasteiger partial charge in [-0.15, -0.1) is 24.0 Å². The number of hydrogen-bond donors (Lipinski definition) is 1. The zero-order valence-corrected chi connectivity index (χ0v) is 20.5. The van der Waals surface area contributed by atoms with Crippen LogP contribution in [0.4, 0.5) is 0 Å². The second kappa shape index (κ2) is 13.9. The molecule has 0 saturated heterocycles. The molecule has 30 heavy (non-hydrogen) atoms. The molecule has 0 atom stereocenters. The van der Waals surface area contributed by atoms with Gasteiger partial charge >= 0.3 is 0 Å². The van der Waals surface area contributed by atoms with Crippen LogP contribution in [0.3, 0.4) is 0 Å². The fourth-order valence-electron chi connectivity index (χ4n) is 2.78. The van der Waals surface area contributed by atoms with E-state index in [9.17, 15) is 0 Å². The number of hydrogen-bond acceptors (Lipinski definition) is 6. The highest BCUT2D eigenvalue weighted by Crippen LogP contribution is 2.25. The summed E-state index contributed by atoms with van der Waals surface area (Å²) >= 11 is 0. The summed E-state index contributed by atoms with van der Waals surface area (Å²) in [6, 6.07) is 9.64. The van der Waals surface area contributed by atoms with E-state index in [4.69, 9.17) is 18.9 Å². The molecule has 0 amide bonds. The molecule has 1 N–H and O–H groups in total. The van der Waals surface area contributed by atoms with Crippen molar-refractivity contribution in [2.45, 2.75) is 13.1 Å². The highest BCUT2D eigenvalue weighted by atomic mass is 127. The summed E-state index contributed by atoms with van der Waals surface area (Å²) in [4.78, 5) is 10.7. The molecule has 1 heterocycles. The molecule has 0 aliphatic heterocycles. The molecule has 0 aliphatic carbocycles. The molecule has 0 spiro atoms. The molecule has 0 fully saturated rings. The van der Waals surface area contributed by atoms with Crippen LogP contribution in [0, 0.1) is 0 Å². The van der Waals surface area contributed by atoms with Gasteiger partial charge in [-0.05, 0) is 18.2 Å². The minimum absolute atomic E-state index is 0. The molecule has 0 unspecified atom stereocenters. The molecule has 1 aromatic carbocycles. The van der Waals surface area contributed by atoms with E-state index in [0.29, 0.717) is 32.2 Å². The number of pyridine rings is 1. The van der Waals surface area contributed by atoms with Crippen LogP contribution < -0.4 is 19.5 Å². The molecule has 0 saturated carbocycles. The lowest BCUT2D eigenvalue weighted by atomic mass is 10.2. The topological polar surface area (TPSA) is 77.4 Å². The SMILES string of the molecule is CN=C(NCc1cccnc1OCCOC)N(C)Cc1ccc(OC)cc1OC.I. The first kappa shape index (κ1) is 25.8. The van der Waals surface area contributed by atoms with Gasteiger partial charge in [0.25, 0.3) is 0 Å². The first-order chi connectivity index (χ1) is 14.1. The van der Waals surface area contributed by atoms with Gasteiger partial charge in [0.15, 0.2) is 5.96 Å². The van der Waals surface area contributed by atoms with Gasteiger partial charge in [-0.2, -0.15) is 0 Å². The number of benzene rings is 1. The summed E-state index contributed by atoms with van der Waals surface area (Å²) in [6.45, 7) is 2.12. The number of nitrogens with zero attached hydrogens (tertiary/aromatic N) is 3. The van der Waals surface area contributed by atoms with E-state index >= 15 is 0 Å². The summed E-state index contributed by atoms with van der Waals surface area (Å²) in [5, 5.41) is 3.36. The highest BCUT2D eigenvalue weighted by molar-refractivity contribution is 14.0. The first-order valence-corrected chi connectivity index (χ1v) is 9.31. The Morgan fingerprint density at radius 2 is 1.90 bits per heavy atom. The van der Waals surface area contributed by atoms with E-state index in [1.54, 1.807) is 34.6 Å². The number of methoxy groups -OCH3 is 3. The Balaban J connectivity index is 0.00000450. The molecule has 0 aliphatic rings. The molecule has 8 nitrogen and oxygen atoms in total. The minimum atomic E-state index is 0. The van der Waals surface area contributed by atoms with Crippen molar-refractivity contribution in [1.82, 2.24) is 15.2 Å². The number of rotatable bonds is 10. The Hall–Kier alpha value is -2.27. The van der Waals surface area contributed by atoms with Crippen molar-refractivity contribution in [2.75, 3.05) is 48.6 Å². The average molecular weight is 530 g/mol. The molecule has 9 heteroatoms. The summed E-state index contributed by atoms with van der Waals surface area (Å²) in [5.41, 5.74) is 1.98. The third-order valence-electron chi connectivity index (χ3n) is 4.29. The number of aromatic nitrogens is 1. The Kier molecular flexibility index (Phi) is 11.9. The third kappa shape index (κ3) is 7.52. The maximum atomic E-state index is 5.69. The van der Waals surface area contributed by atoms with Crippen molar-refractivity contribution in [1.29, 1.82) is 0 Å². The molecular weight excluding hydrogens is 499 g/mol. The Labute approximate surface area is 195 Å². The quantitative estimate of drug-likeness (QED) is 0.219. The highest BCUT2D eigenvalue weighted by Gasteiger charge is 2.12. The van der Waals surface area contributed by atoms with Gasteiger partial charge in [-0.3, -0.25) is 4.99 Å². The maximum Gasteiger partial charge on any atom is 0.218 e. The molecule has 1 aromatic heterocycles. The van der Waals surface area contributed by atoms with Crippen LogP contribution in [-0.4, -0.2) is 64.5 Å². The molecule has 0 bridgehead atoms. The summed E-state index contributed by atoms with van der Waals surface area (Å²) in [5.74, 6) is 2.86. The maximum absolute atomic E-state index is 5.69. The van der Waals surface area contributed by atoms with Gasteiger partial charge in [-0.25, -0.2) is 4.98 Å². The van der Waals surface area contributed by atoms with E-state index in [2.05, 4.69) is 15.3 Å². The van der Waals surface area contributed by atoms with E-state index in [0.717, 1.165) is 28.6 Å². The molecule has 2 aromatic rings. The van der Waals surface area contributed by atoms with Crippen LogP contribution in [0.5, 0.6) is 17.4 Å². The normalized spacial score (nSPS) is 10.8. The molecule has 0 radical (unpaired) electrons. The van der Waals surface area contributed by atoms with Gasteiger partial charge in [-0.1, -0.05) is 6.07 Å². The molecule has 166 valence electrons. The number of halogens is 1. The number of ether oxygens (including phenoxy) is 4. The lowest BCUT2D eigenvalue weighted by Gasteiger charge is -2.23. The smallest absolute Gasteiger partial charge is 0.218 e. The van der Waals surface area contributed by atoms with Gasteiger partial charge < -0.3 is 29.2 Å². The van der Waals surface area contributed by atoms with Gasteiger partial charge in [0.1, 0.15) is 18.1 Å². The standard InChI is InChI=1S/C21H30N4O4.HI/c1-22-21(24-14-16-7-6-10-23-20(16)29-12-11-26-3)25(2)15-17-8-9-18(27-4)13-19(17)28-5;/h6-10,13H,11-12,14-15H2,1-5H3,(H,22,24);1H. The van der Waals surface area contributed by atoms with Crippen LogP contribution in [-0.2, 0) is 17.8 Å². The first-order valence-electron chi connectivity index (χ1n) is 9.31. The number of nitrogens with one attached hydrogen (secondary N) is 1. The Bertz CT molecular complexity index is 804.